The molecular formula is C12H13F3N6. The Kier molecular flexibility index (Phi) is 3.83. The third kappa shape index (κ3) is 3.71. The predicted octanol–water partition coefficient (Wildman–Crippen LogP) is 2.28. The Morgan fingerprint density at radius 3 is 2.19 bits per heavy atom. The highest BCUT2D eigenvalue weighted by Crippen LogP contribution is 2.30. The highest BCUT2D eigenvalue weighted by atomic mass is 19.4. The first kappa shape index (κ1) is 14.8. The van der Waals surface area contributed by atoms with Gasteiger partial charge in [0.25, 0.3) is 0 Å². The molecule has 112 valence electrons. The molecule has 0 aliphatic heterocycles. The molecule has 3 N–H and O–H groups in total. The van der Waals surface area contributed by atoms with E-state index in [2.05, 4.69) is 20.3 Å². The van der Waals surface area contributed by atoms with E-state index in [-0.39, 0.29) is 11.9 Å². The molecule has 2 rings (SSSR count). The van der Waals surface area contributed by atoms with Crippen molar-refractivity contribution >= 4 is 23.5 Å². The number of anilines is 4. The van der Waals surface area contributed by atoms with Crippen LogP contribution in [0.4, 0.5) is 36.7 Å². The van der Waals surface area contributed by atoms with Crippen LogP contribution in [-0.2, 0) is 6.18 Å². The molecule has 0 spiro atoms. The van der Waals surface area contributed by atoms with Gasteiger partial charge in [0, 0.05) is 19.8 Å². The fraction of sp³-hybridized carbons (Fsp3) is 0.250. The van der Waals surface area contributed by atoms with Crippen LogP contribution >= 0.6 is 0 Å². The third-order valence-electron chi connectivity index (χ3n) is 2.51. The first-order chi connectivity index (χ1) is 9.75. The first-order valence-corrected chi connectivity index (χ1v) is 5.89. The summed E-state index contributed by atoms with van der Waals surface area (Å²) in [5, 5.41) is 2.78. The summed E-state index contributed by atoms with van der Waals surface area (Å²) in [5.74, 6) is 0.519. The van der Waals surface area contributed by atoms with E-state index in [1.165, 1.54) is 12.1 Å². The normalized spacial score (nSPS) is 11.3. The van der Waals surface area contributed by atoms with Crippen molar-refractivity contribution in [2.75, 3.05) is 30.0 Å². The number of rotatable bonds is 3. The van der Waals surface area contributed by atoms with Crippen LogP contribution in [0.5, 0.6) is 0 Å². The van der Waals surface area contributed by atoms with Crippen LogP contribution in [0, 0.1) is 0 Å². The van der Waals surface area contributed by atoms with Crippen molar-refractivity contribution in [3.05, 3.63) is 29.8 Å². The molecule has 0 fully saturated rings. The van der Waals surface area contributed by atoms with E-state index >= 15 is 0 Å². The molecule has 0 radical (unpaired) electrons. The van der Waals surface area contributed by atoms with Gasteiger partial charge in [-0.3, -0.25) is 0 Å². The minimum atomic E-state index is -4.37. The second-order valence-corrected chi connectivity index (χ2v) is 4.41. The maximum absolute atomic E-state index is 12.5. The van der Waals surface area contributed by atoms with Gasteiger partial charge in [-0.05, 0) is 24.3 Å². The van der Waals surface area contributed by atoms with Gasteiger partial charge in [-0.25, -0.2) is 0 Å². The van der Waals surface area contributed by atoms with Crippen molar-refractivity contribution < 1.29 is 13.2 Å². The summed E-state index contributed by atoms with van der Waals surface area (Å²) in [6.07, 6.45) is -4.37. The highest BCUT2D eigenvalue weighted by molar-refractivity contribution is 5.55. The Balaban J connectivity index is 2.22. The van der Waals surface area contributed by atoms with Gasteiger partial charge < -0.3 is 16.0 Å². The Bertz CT molecular complexity index is 624. The fourth-order valence-electron chi connectivity index (χ4n) is 1.51. The zero-order valence-corrected chi connectivity index (χ0v) is 11.3. The summed E-state index contributed by atoms with van der Waals surface area (Å²) in [4.78, 5) is 13.5. The number of halogens is 3. The average molecular weight is 298 g/mol. The van der Waals surface area contributed by atoms with Crippen molar-refractivity contribution in [3.8, 4) is 0 Å². The van der Waals surface area contributed by atoms with E-state index in [0.717, 1.165) is 12.1 Å². The monoisotopic (exact) mass is 298 g/mol. The van der Waals surface area contributed by atoms with Gasteiger partial charge >= 0.3 is 6.18 Å². The van der Waals surface area contributed by atoms with Crippen LogP contribution in [0.2, 0.25) is 0 Å². The topological polar surface area (TPSA) is 80.0 Å². The molecule has 0 bridgehead atoms. The highest BCUT2D eigenvalue weighted by Gasteiger charge is 2.29. The molecule has 1 heterocycles. The lowest BCUT2D eigenvalue weighted by Crippen LogP contribution is -2.15. The molecule has 1 aromatic carbocycles. The van der Waals surface area contributed by atoms with E-state index in [1.54, 1.807) is 19.0 Å². The molecule has 0 aliphatic carbocycles. The van der Waals surface area contributed by atoms with Crippen LogP contribution in [-0.4, -0.2) is 29.0 Å². The average Bonchev–Trinajstić information content (AvgIpc) is 2.37. The molecule has 0 saturated heterocycles. The fourth-order valence-corrected chi connectivity index (χ4v) is 1.51. The standard InChI is InChI=1S/C12H13F3N6/c1-21(2)11-19-9(16)18-10(20-11)17-8-5-3-7(4-6-8)12(13,14)15/h3-6H,1-2H3,(H3,16,17,18,19,20). The number of nitrogens with one attached hydrogen (secondary N) is 1. The Morgan fingerprint density at radius 1 is 1.05 bits per heavy atom. The van der Waals surface area contributed by atoms with Gasteiger partial charge in [0.15, 0.2) is 0 Å². The number of nitrogens with zero attached hydrogens (tertiary/aromatic N) is 4. The molecule has 0 aliphatic rings. The number of aromatic nitrogens is 3. The van der Waals surface area contributed by atoms with Crippen LogP contribution in [0.25, 0.3) is 0 Å². The van der Waals surface area contributed by atoms with Crippen molar-refractivity contribution in [2.24, 2.45) is 0 Å². The Labute approximate surface area is 118 Å². The zero-order chi connectivity index (χ0) is 15.6. The van der Waals surface area contributed by atoms with E-state index < -0.39 is 11.7 Å². The summed E-state index contributed by atoms with van der Waals surface area (Å²) in [6.45, 7) is 0. The van der Waals surface area contributed by atoms with Gasteiger partial charge in [0.05, 0.1) is 5.56 Å². The molecule has 1 aromatic heterocycles. The second-order valence-electron chi connectivity index (χ2n) is 4.41. The maximum Gasteiger partial charge on any atom is 0.416 e. The number of hydrogen-bond donors (Lipinski definition) is 2. The molecule has 0 atom stereocenters. The molecule has 6 nitrogen and oxygen atoms in total. The van der Waals surface area contributed by atoms with Gasteiger partial charge in [0.2, 0.25) is 17.8 Å². The van der Waals surface area contributed by atoms with Crippen molar-refractivity contribution in [3.63, 3.8) is 0 Å². The molecule has 9 heteroatoms. The van der Waals surface area contributed by atoms with Crippen LogP contribution in [0.1, 0.15) is 5.56 Å². The number of hydrogen-bond acceptors (Lipinski definition) is 6. The van der Waals surface area contributed by atoms with E-state index in [4.69, 9.17) is 5.73 Å². The van der Waals surface area contributed by atoms with Crippen molar-refractivity contribution in [2.45, 2.75) is 6.18 Å². The van der Waals surface area contributed by atoms with Crippen molar-refractivity contribution in [1.82, 2.24) is 15.0 Å². The van der Waals surface area contributed by atoms with Gasteiger partial charge in [0.1, 0.15) is 0 Å². The summed E-state index contributed by atoms with van der Waals surface area (Å²) < 4.78 is 37.4. The van der Waals surface area contributed by atoms with E-state index in [9.17, 15) is 13.2 Å². The molecular weight excluding hydrogens is 285 g/mol. The van der Waals surface area contributed by atoms with Gasteiger partial charge in [-0.2, -0.15) is 28.1 Å². The van der Waals surface area contributed by atoms with Crippen LogP contribution < -0.4 is 16.0 Å². The van der Waals surface area contributed by atoms with Crippen LogP contribution in [0.15, 0.2) is 24.3 Å². The van der Waals surface area contributed by atoms with Crippen molar-refractivity contribution in [1.29, 1.82) is 0 Å². The lowest BCUT2D eigenvalue weighted by atomic mass is 10.2. The Hall–Kier alpha value is -2.58. The Morgan fingerprint density at radius 2 is 1.67 bits per heavy atom. The molecule has 0 amide bonds. The first-order valence-electron chi connectivity index (χ1n) is 5.89. The van der Waals surface area contributed by atoms with Gasteiger partial charge in [-0.1, -0.05) is 0 Å². The quantitative estimate of drug-likeness (QED) is 0.905. The summed E-state index contributed by atoms with van der Waals surface area (Å²) in [5.41, 5.74) is 5.24. The summed E-state index contributed by atoms with van der Waals surface area (Å²) in [7, 11) is 3.47. The number of nitrogens with two attached hydrogens (primary N) is 1. The smallest absolute Gasteiger partial charge is 0.368 e. The minimum absolute atomic E-state index is 0.0168. The summed E-state index contributed by atoms with van der Waals surface area (Å²) in [6, 6.07) is 4.52. The largest absolute Gasteiger partial charge is 0.416 e. The lowest BCUT2D eigenvalue weighted by molar-refractivity contribution is -0.137. The van der Waals surface area contributed by atoms with E-state index in [1.807, 2.05) is 0 Å². The molecule has 2 aromatic rings. The molecule has 0 unspecified atom stereocenters. The SMILES string of the molecule is CN(C)c1nc(N)nc(Nc2ccc(C(F)(F)F)cc2)n1. The predicted molar refractivity (Wildman–Crippen MR) is 73.3 cm³/mol. The summed E-state index contributed by atoms with van der Waals surface area (Å²) >= 11 is 0. The number of nitrogen functional groups attached to an aromatic ring is 1. The number of alkyl halides is 3. The second kappa shape index (κ2) is 5.43. The third-order valence-corrected chi connectivity index (χ3v) is 2.51. The van der Waals surface area contributed by atoms with Gasteiger partial charge in [-0.15, -0.1) is 0 Å². The number of benzene rings is 1. The maximum atomic E-state index is 12.5. The van der Waals surface area contributed by atoms with Crippen LogP contribution in [0.3, 0.4) is 0 Å². The minimum Gasteiger partial charge on any atom is -0.368 e. The molecule has 0 saturated carbocycles. The van der Waals surface area contributed by atoms with E-state index in [0.29, 0.717) is 11.6 Å². The lowest BCUT2D eigenvalue weighted by Gasteiger charge is -2.12. The zero-order valence-electron chi connectivity index (χ0n) is 11.3. The molecule has 21 heavy (non-hydrogen) atoms.